The van der Waals surface area contributed by atoms with Crippen molar-refractivity contribution in [1.82, 2.24) is 10.3 Å². The van der Waals surface area contributed by atoms with Crippen LogP contribution in [0.25, 0.3) is 0 Å². The topological polar surface area (TPSA) is 51.2 Å². The molecule has 0 aliphatic carbocycles. The van der Waals surface area contributed by atoms with Crippen LogP contribution in [0.5, 0.6) is 5.75 Å². The molecule has 2 aromatic rings. The van der Waals surface area contributed by atoms with Crippen LogP contribution in [0, 0.1) is 0 Å². The minimum atomic E-state index is -4.57. The molecule has 1 amide bonds. The van der Waals surface area contributed by atoms with Crippen LogP contribution in [-0.2, 0) is 6.18 Å². The Bertz CT molecular complexity index is 786. The van der Waals surface area contributed by atoms with Gasteiger partial charge in [0.1, 0.15) is 17.4 Å². The number of aromatic nitrogens is 1. The van der Waals surface area contributed by atoms with Gasteiger partial charge < -0.3 is 10.1 Å². The maximum absolute atomic E-state index is 12.9. The molecule has 1 N–H and O–H groups in total. The predicted molar refractivity (Wildman–Crippen MR) is 90.0 cm³/mol. The molecule has 4 nitrogen and oxygen atoms in total. The summed E-state index contributed by atoms with van der Waals surface area (Å²) in [7, 11) is 0. The average molecular weight is 406 g/mol. The van der Waals surface area contributed by atoms with Crippen LogP contribution in [0.3, 0.4) is 0 Å². The summed E-state index contributed by atoms with van der Waals surface area (Å²) in [6, 6.07) is 6.79. The average Bonchev–Trinajstić information content (AvgIpc) is 2.59. The lowest BCUT2D eigenvalue weighted by molar-refractivity contribution is -0.139. The molecule has 146 valence electrons. The van der Waals surface area contributed by atoms with Crippen molar-refractivity contribution in [3.63, 3.8) is 0 Å². The fraction of sp³-hybridized carbons (Fsp3) is 0.294. The minimum absolute atomic E-state index is 0.0506. The van der Waals surface area contributed by atoms with E-state index in [2.05, 4.69) is 10.3 Å². The molecule has 1 atom stereocenters. The largest absolute Gasteiger partial charge is 0.491 e. The molecule has 27 heavy (non-hydrogen) atoms. The number of amides is 1. The van der Waals surface area contributed by atoms with E-state index >= 15 is 0 Å². The second kappa shape index (κ2) is 9.03. The van der Waals surface area contributed by atoms with Crippen molar-refractivity contribution in [2.45, 2.75) is 29.9 Å². The van der Waals surface area contributed by atoms with E-state index in [4.69, 9.17) is 4.74 Å². The summed E-state index contributed by atoms with van der Waals surface area (Å²) in [6.45, 7) is 1.28. The zero-order valence-electron chi connectivity index (χ0n) is 14.0. The molecule has 0 saturated heterocycles. The van der Waals surface area contributed by atoms with Gasteiger partial charge >= 0.3 is 6.18 Å². The van der Waals surface area contributed by atoms with Crippen molar-refractivity contribution < 1.29 is 31.5 Å². The van der Waals surface area contributed by atoms with Crippen molar-refractivity contribution in [3.8, 4) is 5.75 Å². The number of hydrogen-bond acceptors (Lipinski definition) is 4. The number of ether oxygens (including phenoxy) is 1. The molecule has 1 aromatic heterocycles. The second-order valence-electron chi connectivity index (χ2n) is 5.41. The highest BCUT2D eigenvalue weighted by atomic mass is 32.2. The van der Waals surface area contributed by atoms with E-state index in [1.54, 1.807) is 0 Å². The number of hydrogen-bond donors (Lipinski definition) is 1. The second-order valence-corrected chi connectivity index (χ2v) is 6.39. The Morgan fingerprint density at radius 1 is 1.22 bits per heavy atom. The van der Waals surface area contributed by atoms with Crippen molar-refractivity contribution in [1.29, 1.82) is 0 Å². The summed E-state index contributed by atoms with van der Waals surface area (Å²) >= 11 is 0.134. The Balaban J connectivity index is 2.01. The standard InChI is InChI=1S/C17H15F5N2O2S/c1-10(9-26-13-7-3-2-6-12(13)17(20,21)22)24-14(25)11-5-4-8-23-15(11)27-16(18)19/h2-8,10,16H,9H2,1H3,(H,24,25). The van der Waals surface area contributed by atoms with Crippen molar-refractivity contribution in [2.75, 3.05) is 6.61 Å². The van der Waals surface area contributed by atoms with Crippen LogP contribution in [-0.4, -0.2) is 29.3 Å². The number of carbonyl (C=O) groups excluding carboxylic acids is 1. The molecular formula is C17H15F5N2O2S. The molecule has 0 aliphatic rings. The van der Waals surface area contributed by atoms with Gasteiger partial charge in [0.15, 0.2) is 0 Å². The number of thioether (sulfide) groups is 1. The third-order valence-corrected chi connectivity index (χ3v) is 4.00. The van der Waals surface area contributed by atoms with Crippen molar-refractivity contribution >= 4 is 17.7 Å². The van der Waals surface area contributed by atoms with E-state index in [9.17, 15) is 26.7 Å². The Hall–Kier alpha value is -2.36. The summed E-state index contributed by atoms with van der Waals surface area (Å²) < 4.78 is 69.1. The molecule has 0 fully saturated rings. The third kappa shape index (κ3) is 6.09. The molecule has 0 spiro atoms. The van der Waals surface area contributed by atoms with E-state index < -0.39 is 29.4 Å². The molecule has 10 heteroatoms. The van der Waals surface area contributed by atoms with Gasteiger partial charge in [-0.05, 0) is 43.0 Å². The quantitative estimate of drug-likeness (QED) is 0.539. The van der Waals surface area contributed by atoms with Gasteiger partial charge in [0.2, 0.25) is 0 Å². The van der Waals surface area contributed by atoms with Gasteiger partial charge in [0.05, 0.1) is 17.2 Å². The van der Waals surface area contributed by atoms with E-state index in [-0.39, 0.29) is 34.7 Å². The number of rotatable bonds is 7. The highest BCUT2D eigenvalue weighted by molar-refractivity contribution is 7.99. The maximum atomic E-state index is 12.9. The van der Waals surface area contributed by atoms with Crippen LogP contribution in [0.2, 0.25) is 0 Å². The van der Waals surface area contributed by atoms with Crippen LogP contribution in [0.15, 0.2) is 47.6 Å². The van der Waals surface area contributed by atoms with Gasteiger partial charge in [-0.3, -0.25) is 4.79 Å². The van der Waals surface area contributed by atoms with Crippen LogP contribution in [0.4, 0.5) is 22.0 Å². The van der Waals surface area contributed by atoms with Crippen molar-refractivity contribution in [3.05, 3.63) is 53.7 Å². The number of carbonyl (C=O) groups is 1. The SMILES string of the molecule is CC(COc1ccccc1C(F)(F)F)NC(=O)c1cccnc1SC(F)F. The molecule has 1 unspecified atom stereocenters. The lowest BCUT2D eigenvalue weighted by Crippen LogP contribution is -2.37. The Morgan fingerprint density at radius 3 is 2.59 bits per heavy atom. The van der Waals surface area contributed by atoms with E-state index in [0.29, 0.717) is 0 Å². The summed E-state index contributed by atoms with van der Waals surface area (Å²) in [5.41, 5.74) is -0.975. The van der Waals surface area contributed by atoms with Crippen LogP contribution in [0.1, 0.15) is 22.8 Å². The predicted octanol–water partition coefficient (Wildman–Crippen LogP) is 4.61. The van der Waals surface area contributed by atoms with Gasteiger partial charge in [-0.2, -0.15) is 22.0 Å². The molecule has 0 saturated carbocycles. The molecular weight excluding hydrogens is 391 g/mol. The number of nitrogens with one attached hydrogen (secondary N) is 1. The number of benzene rings is 1. The van der Waals surface area contributed by atoms with Crippen molar-refractivity contribution in [2.24, 2.45) is 0 Å². The zero-order chi connectivity index (χ0) is 20.0. The Kier molecular flexibility index (Phi) is 7.00. The summed E-state index contributed by atoms with van der Waals surface area (Å²) in [6.07, 6.45) is -3.29. The molecule has 1 heterocycles. The Labute approximate surface area is 156 Å². The van der Waals surface area contributed by atoms with Crippen LogP contribution >= 0.6 is 11.8 Å². The summed E-state index contributed by atoms with van der Waals surface area (Å²) in [5, 5.41) is 2.36. The van der Waals surface area contributed by atoms with E-state index in [0.717, 1.165) is 6.07 Å². The zero-order valence-corrected chi connectivity index (χ0v) is 14.8. The highest BCUT2D eigenvalue weighted by Gasteiger charge is 2.34. The number of halogens is 5. The highest BCUT2D eigenvalue weighted by Crippen LogP contribution is 2.35. The number of alkyl halides is 5. The van der Waals surface area contributed by atoms with Gasteiger partial charge in [0, 0.05) is 6.20 Å². The fourth-order valence-electron chi connectivity index (χ4n) is 2.13. The first-order valence-corrected chi connectivity index (χ1v) is 8.56. The number of pyridine rings is 1. The summed E-state index contributed by atoms with van der Waals surface area (Å²) in [4.78, 5) is 16.0. The number of nitrogens with zero attached hydrogens (tertiary/aromatic N) is 1. The van der Waals surface area contributed by atoms with Crippen LogP contribution < -0.4 is 10.1 Å². The van der Waals surface area contributed by atoms with E-state index in [1.807, 2.05) is 0 Å². The monoisotopic (exact) mass is 406 g/mol. The molecule has 0 aliphatic heterocycles. The third-order valence-electron chi connectivity index (χ3n) is 3.28. The van der Waals surface area contributed by atoms with Gasteiger partial charge in [-0.15, -0.1) is 0 Å². The fourth-order valence-corrected chi connectivity index (χ4v) is 2.70. The maximum Gasteiger partial charge on any atom is 0.419 e. The number of para-hydroxylation sites is 1. The normalized spacial score (nSPS) is 12.7. The molecule has 0 bridgehead atoms. The van der Waals surface area contributed by atoms with Gasteiger partial charge in [-0.1, -0.05) is 12.1 Å². The first-order chi connectivity index (χ1) is 12.7. The lowest BCUT2D eigenvalue weighted by atomic mass is 10.2. The molecule has 0 radical (unpaired) electrons. The minimum Gasteiger partial charge on any atom is -0.491 e. The molecule has 2 rings (SSSR count). The van der Waals surface area contributed by atoms with E-state index in [1.165, 1.54) is 43.5 Å². The first kappa shape index (κ1) is 20.9. The molecule has 1 aromatic carbocycles. The Morgan fingerprint density at radius 2 is 1.93 bits per heavy atom. The van der Waals surface area contributed by atoms with Gasteiger partial charge in [0.25, 0.3) is 11.7 Å². The lowest BCUT2D eigenvalue weighted by Gasteiger charge is -2.18. The van der Waals surface area contributed by atoms with Gasteiger partial charge in [-0.25, -0.2) is 4.98 Å². The smallest absolute Gasteiger partial charge is 0.419 e. The summed E-state index contributed by atoms with van der Waals surface area (Å²) in [5.74, 6) is -3.78. The first-order valence-electron chi connectivity index (χ1n) is 7.68.